The Morgan fingerprint density at radius 1 is 1.19 bits per heavy atom. The number of aliphatic imine (C=N–C) groups is 1. The molecule has 2 saturated heterocycles. The summed E-state index contributed by atoms with van der Waals surface area (Å²) < 4.78 is 5.76. The molecule has 0 radical (unpaired) electrons. The molecule has 1 saturated carbocycles. The minimum Gasteiger partial charge on any atom is -0.468 e. The molecule has 1 atom stereocenters. The fraction of sp³-hybridized carbons (Fsp3) is 0.750. The third-order valence-corrected chi connectivity index (χ3v) is 6.52. The van der Waals surface area contributed by atoms with Crippen molar-refractivity contribution >= 4 is 29.9 Å². The number of likely N-dealkylation sites (tertiary alicyclic amines) is 2. The highest BCUT2D eigenvalue weighted by Crippen LogP contribution is 2.47. The fourth-order valence-electron chi connectivity index (χ4n) is 4.84. The molecule has 2 aliphatic heterocycles. The molecule has 1 spiro atoms. The molecule has 0 amide bonds. The first-order valence-corrected chi connectivity index (χ1v) is 10.0. The van der Waals surface area contributed by atoms with Crippen molar-refractivity contribution in [1.82, 2.24) is 15.1 Å². The Hall–Kier alpha value is -0.760. The highest BCUT2D eigenvalue weighted by Gasteiger charge is 2.43. The number of guanidine groups is 1. The molecule has 1 aromatic rings. The van der Waals surface area contributed by atoms with Crippen molar-refractivity contribution in [2.75, 3.05) is 39.8 Å². The SMILES string of the molecule is CN=C(NCC(c1ccco1)N1CCCCC1)N1CCC2(CCC2)C1.I. The van der Waals surface area contributed by atoms with Gasteiger partial charge in [0.2, 0.25) is 0 Å². The van der Waals surface area contributed by atoms with E-state index in [9.17, 15) is 0 Å². The smallest absolute Gasteiger partial charge is 0.193 e. The third-order valence-electron chi connectivity index (χ3n) is 6.52. The molecule has 146 valence electrons. The van der Waals surface area contributed by atoms with Gasteiger partial charge in [0, 0.05) is 26.7 Å². The van der Waals surface area contributed by atoms with Gasteiger partial charge in [-0.2, -0.15) is 0 Å². The summed E-state index contributed by atoms with van der Waals surface area (Å²) in [6.07, 6.45) is 11.3. The minimum absolute atomic E-state index is 0. The van der Waals surface area contributed by atoms with E-state index in [0.29, 0.717) is 11.5 Å². The molecule has 0 bridgehead atoms. The predicted molar refractivity (Wildman–Crippen MR) is 116 cm³/mol. The van der Waals surface area contributed by atoms with Crippen LogP contribution < -0.4 is 5.32 Å². The van der Waals surface area contributed by atoms with Crippen molar-refractivity contribution in [3.05, 3.63) is 24.2 Å². The summed E-state index contributed by atoms with van der Waals surface area (Å²) >= 11 is 0. The van der Waals surface area contributed by atoms with Gasteiger partial charge in [-0.1, -0.05) is 12.8 Å². The standard InChI is InChI=1S/C20H32N4O.HI/c1-21-19(24-13-10-20(16-24)8-6-9-20)22-15-17(18-7-5-14-25-18)23-11-3-2-4-12-23;/h5,7,14,17H,2-4,6,8-13,15-16H2,1H3,(H,21,22);1H. The lowest BCUT2D eigenvalue weighted by Gasteiger charge is -2.38. The van der Waals surface area contributed by atoms with Crippen molar-refractivity contribution in [1.29, 1.82) is 0 Å². The molecule has 1 N–H and O–H groups in total. The molecule has 1 aliphatic carbocycles. The number of nitrogens with zero attached hydrogens (tertiary/aromatic N) is 3. The molecular weight excluding hydrogens is 439 g/mol. The van der Waals surface area contributed by atoms with Crippen molar-refractivity contribution in [3.8, 4) is 0 Å². The normalized spacial score (nSPS) is 24.2. The van der Waals surface area contributed by atoms with E-state index in [1.807, 2.05) is 13.1 Å². The van der Waals surface area contributed by atoms with Gasteiger partial charge in [0.05, 0.1) is 12.3 Å². The molecule has 3 fully saturated rings. The Bertz CT molecular complexity index is 579. The zero-order chi connectivity index (χ0) is 17.1. The first-order chi connectivity index (χ1) is 12.3. The number of hydrogen-bond donors (Lipinski definition) is 1. The number of rotatable bonds is 4. The van der Waals surface area contributed by atoms with E-state index in [1.54, 1.807) is 6.26 Å². The van der Waals surface area contributed by atoms with Gasteiger partial charge in [-0.05, 0) is 62.7 Å². The van der Waals surface area contributed by atoms with Crippen LogP contribution in [0.4, 0.5) is 0 Å². The van der Waals surface area contributed by atoms with Crippen LogP contribution in [0.5, 0.6) is 0 Å². The Morgan fingerprint density at radius 2 is 2.00 bits per heavy atom. The molecule has 0 aromatic carbocycles. The lowest BCUT2D eigenvalue weighted by Crippen LogP contribution is -2.46. The van der Waals surface area contributed by atoms with Crippen LogP contribution in [0.3, 0.4) is 0 Å². The number of furan rings is 1. The summed E-state index contributed by atoms with van der Waals surface area (Å²) in [5.41, 5.74) is 0.602. The van der Waals surface area contributed by atoms with Gasteiger partial charge in [-0.25, -0.2) is 0 Å². The van der Waals surface area contributed by atoms with Crippen LogP contribution in [0.1, 0.15) is 56.7 Å². The summed E-state index contributed by atoms with van der Waals surface area (Å²) in [5, 5.41) is 3.66. The lowest BCUT2D eigenvalue weighted by atomic mass is 9.68. The zero-order valence-electron chi connectivity index (χ0n) is 16.0. The summed E-state index contributed by atoms with van der Waals surface area (Å²) in [7, 11) is 1.91. The van der Waals surface area contributed by atoms with E-state index in [4.69, 9.17) is 4.42 Å². The highest BCUT2D eigenvalue weighted by atomic mass is 127. The molecular formula is C20H33IN4O. The van der Waals surface area contributed by atoms with Crippen LogP contribution in [-0.4, -0.2) is 55.5 Å². The Balaban J connectivity index is 0.00000196. The molecule has 3 aliphatic rings. The second-order valence-electron chi connectivity index (χ2n) is 8.08. The van der Waals surface area contributed by atoms with Crippen LogP contribution in [0.2, 0.25) is 0 Å². The number of halogens is 1. The lowest BCUT2D eigenvalue weighted by molar-refractivity contribution is 0.143. The molecule has 1 aromatic heterocycles. The van der Waals surface area contributed by atoms with E-state index in [0.717, 1.165) is 24.8 Å². The first kappa shape index (κ1) is 20.0. The predicted octanol–water partition coefficient (Wildman–Crippen LogP) is 3.88. The largest absolute Gasteiger partial charge is 0.468 e. The second kappa shape index (κ2) is 8.95. The minimum atomic E-state index is 0. The van der Waals surface area contributed by atoms with Crippen LogP contribution in [-0.2, 0) is 0 Å². The summed E-state index contributed by atoms with van der Waals surface area (Å²) in [5.74, 6) is 2.14. The van der Waals surface area contributed by atoms with Gasteiger partial charge < -0.3 is 14.6 Å². The number of nitrogens with one attached hydrogen (secondary N) is 1. The van der Waals surface area contributed by atoms with Crippen LogP contribution in [0, 0.1) is 5.41 Å². The van der Waals surface area contributed by atoms with Crippen molar-refractivity contribution in [2.24, 2.45) is 10.4 Å². The zero-order valence-corrected chi connectivity index (χ0v) is 18.3. The molecule has 1 unspecified atom stereocenters. The van der Waals surface area contributed by atoms with E-state index >= 15 is 0 Å². The Kier molecular flexibility index (Phi) is 6.88. The fourth-order valence-corrected chi connectivity index (χ4v) is 4.84. The third kappa shape index (κ3) is 4.21. The van der Waals surface area contributed by atoms with E-state index in [2.05, 4.69) is 26.2 Å². The monoisotopic (exact) mass is 472 g/mol. The number of piperidine rings is 1. The van der Waals surface area contributed by atoms with Gasteiger partial charge in [0.25, 0.3) is 0 Å². The van der Waals surface area contributed by atoms with Crippen LogP contribution in [0.15, 0.2) is 27.8 Å². The van der Waals surface area contributed by atoms with Crippen LogP contribution in [0.25, 0.3) is 0 Å². The second-order valence-corrected chi connectivity index (χ2v) is 8.08. The van der Waals surface area contributed by atoms with Crippen molar-refractivity contribution < 1.29 is 4.42 Å². The maximum Gasteiger partial charge on any atom is 0.193 e. The van der Waals surface area contributed by atoms with Gasteiger partial charge in [0.15, 0.2) is 5.96 Å². The molecule has 3 heterocycles. The van der Waals surface area contributed by atoms with Gasteiger partial charge in [0.1, 0.15) is 5.76 Å². The highest BCUT2D eigenvalue weighted by molar-refractivity contribution is 14.0. The summed E-state index contributed by atoms with van der Waals surface area (Å²) in [4.78, 5) is 9.61. The quantitative estimate of drug-likeness (QED) is 0.411. The molecule has 4 rings (SSSR count). The first-order valence-electron chi connectivity index (χ1n) is 10.0. The molecule has 5 nitrogen and oxygen atoms in total. The van der Waals surface area contributed by atoms with E-state index < -0.39 is 0 Å². The van der Waals surface area contributed by atoms with Gasteiger partial charge in [-0.3, -0.25) is 9.89 Å². The number of hydrogen-bond acceptors (Lipinski definition) is 3. The van der Waals surface area contributed by atoms with Gasteiger partial charge in [-0.15, -0.1) is 24.0 Å². The maximum absolute atomic E-state index is 5.76. The molecule has 26 heavy (non-hydrogen) atoms. The average molecular weight is 472 g/mol. The maximum atomic E-state index is 5.76. The van der Waals surface area contributed by atoms with Gasteiger partial charge >= 0.3 is 0 Å². The Labute approximate surface area is 174 Å². The average Bonchev–Trinajstić information content (AvgIpc) is 3.29. The summed E-state index contributed by atoms with van der Waals surface area (Å²) in [6.45, 7) is 5.53. The Morgan fingerprint density at radius 3 is 2.58 bits per heavy atom. The van der Waals surface area contributed by atoms with E-state index in [-0.39, 0.29) is 24.0 Å². The van der Waals surface area contributed by atoms with Crippen LogP contribution >= 0.6 is 24.0 Å². The molecule has 6 heteroatoms. The summed E-state index contributed by atoms with van der Waals surface area (Å²) in [6, 6.07) is 4.41. The van der Waals surface area contributed by atoms with Crippen molar-refractivity contribution in [2.45, 2.75) is 51.0 Å². The topological polar surface area (TPSA) is 44.0 Å². The van der Waals surface area contributed by atoms with E-state index in [1.165, 1.54) is 64.6 Å². The van der Waals surface area contributed by atoms with Crippen molar-refractivity contribution in [3.63, 3.8) is 0 Å².